The van der Waals surface area contributed by atoms with Crippen LogP contribution >= 0.6 is 7.82 Å². The minimum atomic E-state index is -4.62. The summed E-state index contributed by atoms with van der Waals surface area (Å²) in [5, 5.41) is 13.8. The fourth-order valence-corrected chi connectivity index (χ4v) is 8.31. The van der Waals surface area contributed by atoms with E-state index in [0.29, 0.717) is 17.4 Å². The van der Waals surface area contributed by atoms with Crippen molar-refractivity contribution in [3.63, 3.8) is 0 Å². The maximum Gasteiger partial charge on any atom is 0.268 e. The molecule has 3 atom stereocenters. The van der Waals surface area contributed by atoms with Gasteiger partial charge in [0.15, 0.2) is 0 Å². The molecule has 0 aliphatic carbocycles. The van der Waals surface area contributed by atoms with Gasteiger partial charge in [0.05, 0.1) is 39.9 Å². The molecule has 430 valence electrons. The van der Waals surface area contributed by atoms with Gasteiger partial charge < -0.3 is 28.8 Å². The fraction of sp³-hybridized carbons (Fsp3) is 0.597. The first-order valence-corrected chi connectivity index (χ1v) is 31.3. The van der Waals surface area contributed by atoms with Gasteiger partial charge in [-0.2, -0.15) is 0 Å². The summed E-state index contributed by atoms with van der Waals surface area (Å²) in [6.07, 6.45) is 87.6. The lowest BCUT2D eigenvalue weighted by Crippen LogP contribution is -2.45. The first kappa shape index (κ1) is 72.1. The number of quaternary nitrogens is 1. The van der Waals surface area contributed by atoms with Crippen molar-refractivity contribution in [3.8, 4) is 0 Å². The van der Waals surface area contributed by atoms with Crippen molar-refractivity contribution in [1.82, 2.24) is 5.32 Å². The van der Waals surface area contributed by atoms with Crippen LogP contribution in [0, 0.1) is 0 Å². The van der Waals surface area contributed by atoms with Gasteiger partial charge in [0, 0.05) is 6.42 Å². The molecule has 0 rings (SSSR count). The van der Waals surface area contributed by atoms with Crippen molar-refractivity contribution in [2.45, 2.75) is 219 Å². The molecule has 0 saturated heterocycles. The Labute approximate surface area is 467 Å². The second-order valence-electron chi connectivity index (χ2n) is 20.6. The SMILES string of the molecule is CC/C=C\C/C=C\C/C=C\C/C=C\C/C=C\C/C=C\C/C=C\C/C=C\C/C=C\C/C=C\C/C=C\CCCCCCCC(=O)NC(COP(=O)([O-])OCC[N+](C)(C)C)C(O)/C=C/CC/C=C/CCCCCCCCCCC. The molecule has 0 aromatic heterocycles. The largest absolute Gasteiger partial charge is 0.756 e. The van der Waals surface area contributed by atoms with Gasteiger partial charge in [0.2, 0.25) is 5.91 Å². The van der Waals surface area contributed by atoms with E-state index >= 15 is 0 Å². The number of rotatable bonds is 52. The lowest BCUT2D eigenvalue weighted by Gasteiger charge is -2.29. The predicted octanol–water partition coefficient (Wildman–Crippen LogP) is 18.0. The number of likely N-dealkylation sites (N-methyl/N-ethyl adjacent to an activating group) is 1. The van der Waals surface area contributed by atoms with Crippen LogP contribution in [0.3, 0.4) is 0 Å². The lowest BCUT2D eigenvalue weighted by molar-refractivity contribution is -0.870. The van der Waals surface area contributed by atoms with E-state index in [1.165, 1.54) is 57.8 Å². The monoisotopic (exact) mass is 1070 g/mol. The van der Waals surface area contributed by atoms with Crippen molar-refractivity contribution >= 4 is 13.7 Å². The summed E-state index contributed by atoms with van der Waals surface area (Å²) in [5.41, 5.74) is 0. The minimum Gasteiger partial charge on any atom is -0.756 e. The number of nitrogens with zero attached hydrogens (tertiary/aromatic N) is 1. The number of phosphoric acid groups is 1. The zero-order valence-electron chi connectivity index (χ0n) is 48.9. The van der Waals surface area contributed by atoms with E-state index in [1.54, 1.807) is 6.08 Å². The van der Waals surface area contributed by atoms with Gasteiger partial charge in [-0.15, -0.1) is 0 Å². The number of amides is 1. The number of phosphoric ester groups is 1. The van der Waals surface area contributed by atoms with Gasteiger partial charge in [0.1, 0.15) is 13.2 Å². The van der Waals surface area contributed by atoms with Crippen molar-refractivity contribution in [2.24, 2.45) is 0 Å². The third-order valence-electron chi connectivity index (χ3n) is 12.2. The highest BCUT2D eigenvalue weighted by Crippen LogP contribution is 2.38. The Morgan fingerprint density at radius 3 is 1.22 bits per heavy atom. The summed E-state index contributed by atoms with van der Waals surface area (Å²) in [4.78, 5) is 25.5. The normalized spacial score (nSPS) is 15.0. The summed E-state index contributed by atoms with van der Waals surface area (Å²) < 4.78 is 23.3. The molecule has 0 aliphatic heterocycles. The van der Waals surface area contributed by atoms with Gasteiger partial charge in [-0.1, -0.05) is 242 Å². The van der Waals surface area contributed by atoms with Crippen LogP contribution in [0.25, 0.3) is 0 Å². The van der Waals surface area contributed by atoms with Crippen LogP contribution in [0.4, 0.5) is 0 Å². The molecule has 1 amide bonds. The molecule has 9 heteroatoms. The fourth-order valence-electron chi connectivity index (χ4n) is 7.58. The van der Waals surface area contributed by atoms with Crippen LogP contribution in [0.15, 0.2) is 158 Å². The number of unbranched alkanes of at least 4 members (excludes halogenated alkanes) is 15. The number of nitrogens with one attached hydrogen (secondary N) is 1. The lowest BCUT2D eigenvalue weighted by atomic mass is 10.1. The molecule has 0 radical (unpaired) electrons. The Morgan fingerprint density at radius 2 is 0.816 bits per heavy atom. The molecule has 2 N–H and O–H groups in total. The summed E-state index contributed by atoms with van der Waals surface area (Å²) in [6.45, 7) is 4.47. The van der Waals surface area contributed by atoms with Gasteiger partial charge >= 0.3 is 0 Å². The molecule has 0 aromatic rings. The van der Waals surface area contributed by atoms with E-state index in [-0.39, 0.29) is 12.5 Å². The number of hydrogen-bond acceptors (Lipinski definition) is 6. The number of aliphatic hydroxyl groups is 1. The highest BCUT2D eigenvalue weighted by Gasteiger charge is 2.23. The van der Waals surface area contributed by atoms with E-state index in [0.717, 1.165) is 128 Å². The number of aliphatic hydroxyl groups excluding tert-OH is 1. The van der Waals surface area contributed by atoms with Crippen LogP contribution in [0.2, 0.25) is 0 Å². The minimum absolute atomic E-state index is 0.0190. The van der Waals surface area contributed by atoms with Gasteiger partial charge in [-0.25, -0.2) is 0 Å². The number of carbonyl (C=O) groups is 1. The Hall–Kier alpha value is -3.88. The van der Waals surface area contributed by atoms with E-state index < -0.39 is 26.6 Å². The van der Waals surface area contributed by atoms with E-state index in [2.05, 4.69) is 165 Å². The summed E-state index contributed by atoms with van der Waals surface area (Å²) in [5.74, 6) is -0.233. The van der Waals surface area contributed by atoms with Crippen LogP contribution in [-0.4, -0.2) is 68.5 Å². The molecule has 0 spiro atoms. The molecular weight excluding hydrogens is 960 g/mol. The van der Waals surface area contributed by atoms with E-state index in [1.807, 2.05) is 27.2 Å². The van der Waals surface area contributed by atoms with Crippen molar-refractivity contribution in [2.75, 3.05) is 40.9 Å². The highest BCUT2D eigenvalue weighted by molar-refractivity contribution is 7.45. The molecule has 0 aliphatic rings. The second kappa shape index (κ2) is 55.9. The molecule has 3 unspecified atom stereocenters. The zero-order chi connectivity index (χ0) is 55.6. The predicted molar refractivity (Wildman–Crippen MR) is 329 cm³/mol. The molecule has 8 nitrogen and oxygen atoms in total. The molecule has 0 saturated carbocycles. The van der Waals surface area contributed by atoms with E-state index in [9.17, 15) is 19.4 Å². The maximum absolute atomic E-state index is 12.9. The van der Waals surface area contributed by atoms with Crippen LogP contribution in [0.1, 0.15) is 206 Å². The molecule has 76 heavy (non-hydrogen) atoms. The second-order valence-corrected chi connectivity index (χ2v) is 22.0. The van der Waals surface area contributed by atoms with Crippen molar-refractivity contribution in [3.05, 3.63) is 158 Å². The quantitative estimate of drug-likeness (QED) is 0.0272. The topological polar surface area (TPSA) is 108 Å². The van der Waals surface area contributed by atoms with Crippen LogP contribution in [0.5, 0.6) is 0 Å². The maximum atomic E-state index is 12.9. The third-order valence-corrected chi connectivity index (χ3v) is 13.2. The Morgan fingerprint density at radius 1 is 0.474 bits per heavy atom. The third kappa shape index (κ3) is 57.8. The number of hydrogen-bond donors (Lipinski definition) is 2. The number of allylic oxidation sites excluding steroid dienone is 25. The molecule has 0 fully saturated rings. The Balaban J connectivity index is 4.24. The van der Waals surface area contributed by atoms with Gasteiger partial charge in [0.25, 0.3) is 7.82 Å². The summed E-state index contributed by atoms with van der Waals surface area (Å²) in [6, 6.07) is -0.926. The standard InChI is InChI=1S/C67H111N2O6P/c1-6-8-10-12-14-16-18-20-22-23-24-25-26-27-28-29-30-31-32-33-34-35-36-37-38-39-40-41-42-43-44-45-47-49-51-53-55-57-59-61-67(71)68-65(64-75-76(72,73)74-63-62-69(3,4)5)66(70)60-58-56-54-52-50-48-46-21-19-17-15-13-11-9-7-2/h8,10,14,16,20,22,24-25,27-28,30-31,33-34,36-37,39-40,42-43,45,47,50,52,58,60,65-66,70H,6-7,9,11-13,15,17-19,21,23,26,29,32,35,38,41,44,46,48-49,51,53-57,59,61-64H2,1-5H3,(H-,68,71,72,73)/b10-8-,16-14-,22-20-,25-24-,28-27-,31-30-,34-33-,37-36-,40-39-,43-42-,47-45-,52-50+,60-58+. The summed E-state index contributed by atoms with van der Waals surface area (Å²) in [7, 11) is 1.20. The first-order chi connectivity index (χ1) is 37.0. The Kier molecular flexibility index (Phi) is 53.0. The summed E-state index contributed by atoms with van der Waals surface area (Å²) >= 11 is 0. The highest BCUT2D eigenvalue weighted by atomic mass is 31.2. The number of carbonyl (C=O) groups excluding carboxylic acids is 1. The van der Waals surface area contributed by atoms with Gasteiger partial charge in [-0.05, 0) is 116 Å². The van der Waals surface area contributed by atoms with Gasteiger partial charge in [-0.3, -0.25) is 9.36 Å². The van der Waals surface area contributed by atoms with Crippen LogP contribution < -0.4 is 10.2 Å². The molecule has 0 heterocycles. The zero-order valence-corrected chi connectivity index (χ0v) is 49.8. The average Bonchev–Trinajstić information content (AvgIpc) is 3.38. The van der Waals surface area contributed by atoms with Crippen molar-refractivity contribution < 1.29 is 32.9 Å². The average molecular weight is 1070 g/mol. The van der Waals surface area contributed by atoms with E-state index in [4.69, 9.17) is 9.05 Å². The Bertz CT molecular complexity index is 1790. The van der Waals surface area contributed by atoms with Crippen molar-refractivity contribution in [1.29, 1.82) is 0 Å². The van der Waals surface area contributed by atoms with Crippen LogP contribution in [-0.2, 0) is 18.4 Å². The molecule has 0 aromatic carbocycles. The smallest absolute Gasteiger partial charge is 0.268 e. The molecule has 0 bridgehead atoms. The molecular formula is C67H111N2O6P. The first-order valence-electron chi connectivity index (χ1n) is 29.8.